The van der Waals surface area contributed by atoms with E-state index in [-0.39, 0.29) is 16.8 Å². The molecule has 4 rings (SSSR count). The molecule has 0 spiro atoms. The van der Waals surface area contributed by atoms with E-state index < -0.39 is 5.82 Å². The van der Waals surface area contributed by atoms with Crippen molar-refractivity contribution in [2.45, 2.75) is 19.9 Å². The average Bonchev–Trinajstić information content (AvgIpc) is 2.93. The molecule has 0 radical (unpaired) electrons. The summed E-state index contributed by atoms with van der Waals surface area (Å²) in [7, 11) is 0. The molecule has 1 aromatic carbocycles. The molecule has 5 nitrogen and oxygen atoms in total. The zero-order chi connectivity index (χ0) is 17.7. The number of benzene rings is 1. The maximum absolute atomic E-state index is 14.4. The molecule has 0 aliphatic carbocycles. The molecule has 8 heteroatoms. The first-order valence-electron chi connectivity index (χ1n) is 7.58. The van der Waals surface area contributed by atoms with Crippen LogP contribution in [0.25, 0.3) is 5.69 Å². The van der Waals surface area contributed by atoms with Gasteiger partial charge in [-0.15, -0.1) is 0 Å². The molecule has 3 heterocycles. The van der Waals surface area contributed by atoms with Gasteiger partial charge >= 0.3 is 0 Å². The third-order valence-electron chi connectivity index (χ3n) is 3.96. The van der Waals surface area contributed by atoms with E-state index in [2.05, 4.69) is 20.1 Å². The summed E-state index contributed by atoms with van der Waals surface area (Å²) in [6, 6.07) is 5.94. The lowest BCUT2D eigenvalue weighted by Gasteiger charge is -2.13. The summed E-state index contributed by atoms with van der Waals surface area (Å²) in [6.45, 7) is 3.66. The smallest absolute Gasteiger partial charge is 0.157 e. The molecule has 1 aliphatic rings. The molecule has 0 saturated heterocycles. The predicted octanol–water partition coefficient (Wildman–Crippen LogP) is 4.33. The molecule has 25 heavy (non-hydrogen) atoms. The fourth-order valence-corrected chi connectivity index (χ4v) is 3.28. The third-order valence-corrected chi connectivity index (χ3v) is 4.76. The van der Waals surface area contributed by atoms with Gasteiger partial charge in [0.05, 0.1) is 21.4 Å². The second kappa shape index (κ2) is 5.89. The molecular formula is C17H12Cl2FN5. The third kappa shape index (κ3) is 2.53. The first-order chi connectivity index (χ1) is 12.0. The Kier molecular flexibility index (Phi) is 3.81. The number of nitrogens with zero attached hydrogens (tertiary/aromatic N) is 5. The molecule has 126 valence electrons. The molecule has 1 aliphatic heterocycles. The van der Waals surface area contributed by atoms with Crippen LogP contribution in [0, 0.1) is 12.7 Å². The summed E-state index contributed by atoms with van der Waals surface area (Å²) < 4.78 is 16.1. The quantitative estimate of drug-likeness (QED) is 0.635. The van der Waals surface area contributed by atoms with Crippen LogP contribution in [0.5, 0.6) is 0 Å². The maximum atomic E-state index is 14.4. The molecule has 2 aromatic heterocycles. The zero-order valence-electron chi connectivity index (χ0n) is 13.3. The van der Waals surface area contributed by atoms with Crippen LogP contribution in [0.1, 0.15) is 35.9 Å². The highest BCUT2D eigenvalue weighted by molar-refractivity contribution is 6.45. The van der Waals surface area contributed by atoms with Crippen LogP contribution in [0.15, 0.2) is 35.5 Å². The maximum Gasteiger partial charge on any atom is 0.157 e. The van der Waals surface area contributed by atoms with Crippen LogP contribution in [0.4, 0.5) is 4.39 Å². The molecule has 0 bridgehead atoms. The van der Waals surface area contributed by atoms with Gasteiger partial charge in [0.25, 0.3) is 0 Å². The van der Waals surface area contributed by atoms with Crippen molar-refractivity contribution < 1.29 is 4.39 Å². The van der Waals surface area contributed by atoms with E-state index in [0.717, 1.165) is 0 Å². The van der Waals surface area contributed by atoms with Gasteiger partial charge in [0.2, 0.25) is 0 Å². The summed E-state index contributed by atoms with van der Waals surface area (Å²) in [5.74, 6) is 0.768. The van der Waals surface area contributed by atoms with Crippen LogP contribution in [-0.4, -0.2) is 25.5 Å². The molecule has 0 fully saturated rings. The van der Waals surface area contributed by atoms with Crippen molar-refractivity contribution in [2.75, 3.05) is 0 Å². The monoisotopic (exact) mass is 375 g/mol. The first kappa shape index (κ1) is 16.2. The van der Waals surface area contributed by atoms with Gasteiger partial charge in [0.15, 0.2) is 11.6 Å². The van der Waals surface area contributed by atoms with Gasteiger partial charge in [-0.3, -0.25) is 9.98 Å². The van der Waals surface area contributed by atoms with Gasteiger partial charge in [-0.25, -0.2) is 14.1 Å². The molecule has 0 saturated carbocycles. The summed E-state index contributed by atoms with van der Waals surface area (Å²) in [4.78, 5) is 13.3. The molecule has 3 aromatic rings. The fraction of sp³-hybridized carbons (Fsp3) is 0.176. The number of pyridine rings is 1. The van der Waals surface area contributed by atoms with Crippen molar-refractivity contribution in [3.8, 4) is 5.69 Å². The number of aliphatic imine (C=N–C) groups is 1. The predicted molar refractivity (Wildman–Crippen MR) is 94.4 cm³/mol. The van der Waals surface area contributed by atoms with Gasteiger partial charge in [-0.2, -0.15) is 5.10 Å². The molecule has 0 N–H and O–H groups in total. The van der Waals surface area contributed by atoms with Crippen molar-refractivity contribution in [3.63, 3.8) is 0 Å². The zero-order valence-corrected chi connectivity index (χ0v) is 14.8. The number of aromatic nitrogens is 4. The van der Waals surface area contributed by atoms with Crippen LogP contribution in [0.2, 0.25) is 10.0 Å². The summed E-state index contributed by atoms with van der Waals surface area (Å²) in [6.07, 6.45) is 1.51. The normalized spacial score (nSPS) is 16.0. The Morgan fingerprint density at radius 3 is 2.76 bits per heavy atom. The van der Waals surface area contributed by atoms with E-state index in [4.69, 9.17) is 23.2 Å². The van der Waals surface area contributed by atoms with E-state index in [1.165, 1.54) is 18.3 Å². The van der Waals surface area contributed by atoms with Gasteiger partial charge in [0.1, 0.15) is 17.6 Å². The van der Waals surface area contributed by atoms with E-state index in [1.54, 1.807) is 23.7 Å². The van der Waals surface area contributed by atoms with Crippen molar-refractivity contribution in [1.29, 1.82) is 0 Å². The minimum Gasteiger partial charge on any atom is -0.271 e. The van der Waals surface area contributed by atoms with Gasteiger partial charge in [0, 0.05) is 11.8 Å². The second-order valence-electron chi connectivity index (χ2n) is 5.67. The van der Waals surface area contributed by atoms with E-state index in [1.807, 2.05) is 6.92 Å². The highest BCUT2D eigenvalue weighted by Gasteiger charge is 2.29. The standard InChI is InChI=1S/C17H12Cl2FN5/c1-8-17-23-9(2)24-25(17)12-6-5-10(18)14(19)13(12)16(22-8)15-11(20)4-3-7-21-15/h3-8H,1-2H3/t8-/m0/s1. The van der Waals surface area contributed by atoms with E-state index in [0.29, 0.717) is 33.6 Å². The van der Waals surface area contributed by atoms with E-state index >= 15 is 0 Å². The lowest BCUT2D eigenvalue weighted by Crippen LogP contribution is -2.12. The number of aryl methyl sites for hydroxylation is 1. The van der Waals surface area contributed by atoms with Crippen molar-refractivity contribution in [1.82, 2.24) is 19.7 Å². The number of halogens is 3. The Balaban J connectivity index is 2.10. The van der Waals surface area contributed by atoms with Crippen LogP contribution in [-0.2, 0) is 0 Å². The van der Waals surface area contributed by atoms with Crippen molar-refractivity contribution in [2.24, 2.45) is 4.99 Å². The lowest BCUT2D eigenvalue weighted by molar-refractivity contribution is 0.617. The molecule has 0 amide bonds. The molecule has 1 atom stereocenters. The number of fused-ring (bicyclic) bond motifs is 3. The Labute approximate surface area is 153 Å². The average molecular weight is 376 g/mol. The number of hydrogen-bond donors (Lipinski definition) is 0. The van der Waals surface area contributed by atoms with Gasteiger partial charge < -0.3 is 0 Å². The second-order valence-corrected chi connectivity index (χ2v) is 6.46. The Bertz CT molecular complexity index is 1030. The van der Waals surface area contributed by atoms with Crippen molar-refractivity contribution >= 4 is 28.9 Å². The highest BCUT2D eigenvalue weighted by Crippen LogP contribution is 2.36. The van der Waals surface area contributed by atoms with Crippen LogP contribution >= 0.6 is 23.2 Å². The number of hydrogen-bond acceptors (Lipinski definition) is 4. The highest BCUT2D eigenvalue weighted by atomic mass is 35.5. The summed E-state index contributed by atoms with van der Waals surface area (Å²) in [5, 5.41) is 5.06. The topological polar surface area (TPSA) is 56.0 Å². The Morgan fingerprint density at radius 1 is 1.20 bits per heavy atom. The Morgan fingerprint density at radius 2 is 2.00 bits per heavy atom. The van der Waals surface area contributed by atoms with Gasteiger partial charge in [-0.05, 0) is 38.1 Å². The summed E-state index contributed by atoms with van der Waals surface area (Å²) in [5.41, 5.74) is 1.57. The molecular weight excluding hydrogens is 364 g/mol. The van der Waals surface area contributed by atoms with Gasteiger partial charge in [-0.1, -0.05) is 23.2 Å². The minimum absolute atomic E-state index is 0.113. The first-order valence-corrected chi connectivity index (χ1v) is 8.34. The summed E-state index contributed by atoms with van der Waals surface area (Å²) >= 11 is 12.7. The van der Waals surface area contributed by atoms with E-state index in [9.17, 15) is 4.39 Å². The lowest BCUT2D eigenvalue weighted by atomic mass is 10.0. The van der Waals surface area contributed by atoms with Crippen LogP contribution in [0.3, 0.4) is 0 Å². The minimum atomic E-state index is -0.487. The SMILES string of the molecule is Cc1nc2n(n1)-c1ccc(Cl)c(Cl)c1C(c1ncccc1F)=N[C@H]2C. The molecule has 0 unspecified atom stereocenters. The number of rotatable bonds is 1. The van der Waals surface area contributed by atoms with Crippen molar-refractivity contribution in [3.05, 3.63) is 69.2 Å². The van der Waals surface area contributed by atoms with Crippen LogP contribution < -0.4 is 0 Å². The largest absolute Gasteiger partial charge is 0.271 e. The fourth-order valence-electron chi connectivity index (χ4n) is 2.88. The Hall–Kier alpha value is -2.31.